The fourth-order valence-corrected chi connectivity index (χ4v) is 5.09. The molecule has 0 aromatic heterocycles. The summed E-state index contributed by atoms with van der Waals surface area (Å²) in [6.45, 7) is 6.20. The highest BCUT2D eigenvalue weighted by Crippen LogP contribution is 2.42. The quantitative estimate of drug-likeness (QED) is 0.335. The monoisotopic (exact) mass is 627 g/mol. The van der Waals surface area contributed by atoms with Gasteiger partial charge in [0, 0.05) is 24.9 Å². The van der Waals surface area contributed by atoms with E-state index in [1.54, 1.807) is 12.1 Å². The molecule has 2 aromatic rings. The first-order valence-corrected chi connectivity index (χ1v) is 14.1. The molecule has 0 radical (unpaired) electrons. The van der Waals surface area contributed by atoms with Crippen LogP contribution in [0.2, 0.25) is 0 Å². The number of amides is 2. The number of methoxy groups -OCH3 is 1. The number of halogens is 3. The van der Waals surface area contributed by atoms with E-state index in [4.69, 9.17) is 21.0 Å². The van der Waals surface area contributed by atoms with Gasteiger partial charge in [-0.25, -0.2) is 9.59 Å². The van der Waals surface area contributed by atoms with Crippen molar-refractivity contribution in [1.82, 2.24) is 4.90 Å². The van der Waals surface area contributed by atoms with Gasteiger partial charge in [-0.1, -0.05) is 26.0 Å². The second kappa shape index (κ2) is 16.2. The van der Waals surface area contributed by atoms with Crippen molar-refractivity contribution in [1.29, 1.82) is 10.7 Å². The molecule has 2 aromatic carbocycles. The lowest BCUT2D eigenvalue weighted by Crippen LogP contribution is -3.01. The van der Waals surface area contributed by atoms with Crippen molar-refractivity contribution in [2.45, 2.75) is 45.8 Å². The molecule has 1 atom stereocenters. The molecular weight excluding hydrogens is 589 g/mol. The number of rotatable bonds is 7. The average Bonchev–Trinajstić information content (AvgIpc) is 3.55. The zero-order chi connectivity index (χ0) is 33.9. The number of aliphatic hydroxyl groups excluding tert-OH is 1. The topological polar surface area (TPSA) is 148 Å². The number of urea groups is 1. The summed E-state index contributed by atoms with van der Waals surface area (Å²) in [5.41, 5.74) is 6.16. The van der Waals surface area contributed by atoms with Crippen LogP contribution in [0.4, 0.5) is 23.7 Å². The van der Waals surface area contributed by atoms with Crippen LogP contribution in [0.25, 0.3) is 0 Å². The first kappa shape index (κ1) is 36.3. The molecule has 2 aliphatic rings. The number of esters is 1. The molecule has 2 amide bonds. The van der Waals surface area contributed by atoms with Crippen molar-refractivity contribution in [2.75, 3.05) is 25.7 Å². The molecule has 4 rings (SSSR count). The number of alkyl halides is 3. The van der Waals surface area contributed by atoms with Gasteiger partial charge in [-0.3, -0.25) is 20.1 Å². The number of carbonyl (C=O) groups excluding carboxylic acids is 2. The number of guanidine groups is 1. The number of quaternary nitrogens is 1. The maximum atomic E-state index is 13.5. The van der Waals surface area contributed by atoms with Gasteiger partial charge in [-0.15, -0.1) is 0 Å². The van der Waals surface area contributed by atoms with E-state index in [1.165, 1.54) is 25.1 Å². The number of hydrogen-bond donors (Lipinski definition) is 4. The highest BCUT2D eigenvalue weighted by atomic mass is 19.4. The molecule has 13 heteroatoms. The van der Waals surface area contributed by atoms with E-state index in [0.717, 1.165) is 47.6 Å². The smallest absolute Gasteiger partial charge is 0.416 e. The Bertz CT molecular complexity index is 1520. The Kier molecular flexibility index (Phi) is 13.1. The second-order valence-corrected chi connectivity index (χ2v) is 9.48. The third kappa shape index (κ3) is 8.17. The van der Waals surface area contributed by atoms with Crippen molar-refractivity contribution in [3.63, 3.8) is 0 Å². The molecule has 5 N–H and O–H groups in total. The van der Waals surface area contributed by atoms with Gasteiger partial charge in [0.2, 0.25) is 5.96 Å². The molecule has 0 spiro atoms. The van der Waals surface area contributed by atoms with Crippen LogP contribution in [-0.2, 0) is 22.1 Å². The molecule has 45 heavy (non-hydrogen) atoms. The van der Waals surface area contributed by atoms with Crippen LogP contribution < -0.4 is 15.5 Å². The van der Waals surface area contributed by atoms with E-state index in [2.05, 4.69) is 6.07 Å². The number of allylic oxidation sites excluding steroid dienone is 3. The maximum Gasteiger partial charge on any atom is 0.416 e. The zero-order valence-electron chi connectivity index (χ0n) is 25.8. The van der Waals surface area contributed by atoms with Crippen LogP contribution in [-0.4, -0.2) is 48.7 Å². The number of nitrogens with zero attached hydrogens (tertiary/aromatic N) is 3. The summed E-state index contributed by atoms with van der Waals surface area (Å²) >= 11 is 0. The summed E-state index contributed by atoms with van der Waals surface area (Å²) in [6.07, 6.45) is 4.34. The molecule has 0 saturated heterocycles. The van der Waals surface area contributed by atoms with Crippen molar-refractivity contribution in [3.8, 4) is 6.07 Å². The predicted octanol–water partition coefficient (Wildman–Crippen LogP) is 4.39. The van der Waals surface area contributed by atoms with Gasteiger partial charge in [0.1, 0.15) is 6.04 Å². The van der Waals surface area contributed by atoms with Gasteiger partial charge < -0.3 is 15.6 Å². The molecule has 0 saturated carbocycles. The Morgan fingerprint density at radius 2 is 1.78 bits per heavy atom. The molecule has 2 heterocycles. The van der Waals surface area contributed by atoms with Crippen LogP contribution >= 0.6 is 0 Å². The van der Waals surface area contributed by atoms with Crippen LogP contribution in [0.3, 0.4) is 0 Å². The number of nitrogens with one attached hydrogen (secondary N) is 2. The second-order valence-electron chi connectivity index (χ2n) is 9.48. The van der Waals surface area contributed by atoms with Crippen molar-refractivity contribution in [3.05, 3.63) is 101 Å². The summed E-state index contributed by atoms with van der Waals surface area (Å²) in [5.74, 6) is -1.39. The van der Waals surface area contributed by atoms with Crippen molar-refractivity contribution < 1.29 is 37.5 Å². The number of ether oxygens (including phenoxy) is 1. The lowest BCUT2D eigenvalue weighted by atomic mass is 9.87. The first-order valence-electron chi connectivity index (χ1n) is 14.1. The molecule has 0 aliphatic carbocycles. The summed E-state index contributed by atoms with van der Waals surface area (Å²) < 4.78 is 45.6. The minimum atomic E-state index is -4.66. The molecule has 0 bridgehead atoms. The van der Waals surface area contributed by atoms with Gasteiger partial charge >= 0.3 is 18.2 Å². The predicted molar refractivity (Wildman–Crippen MR) is 164 cm³/mol. The summed E-state index contributed by atoms with van der Waals surface area (Å²) in [7, 11) is 2.14. The Balaban J connectivity index is 0.00000169. The van der Waals surface area contributed by atoms with Crippen molar-refractivity contribution >= 4 is 23.6 Å². The van der Waals surface area contributed by atoms with Crippen LogP contribution in [0.5, 0.6) is 0 Å². The Hall–Kier alpha value is -4.93. The molecular formula is C32H38F3N6O4+. The largest absolute Gasteiger partial charge is 0.466 e. The number of hydrogen-bond acceptors (Lipinski definition) is 6. The Morgan fingerprint density at radius 1 is 1.13 bits per heavy atom. The van der Waals surface area contributed by atoms with Crippen LogP contribution in [0.15, 0.2) is 78.3 Å². The SMILES string of the molecule is CC.CO.COC(=O)C1=C(C)N(c2cccc(C(F)(F)F)c2)C(=N)N(C(N)=O)[C@@H]1c1ccc(C#N)cc1CCC[NH+]1C=CC=C1. The van der Waals surface area contributed by atoms with E-state index < -0.39 is 35.7 Å². The highest BCUT2D eigenvalue weighted by molar-refractivity contribution is 6.10. The van der Waals surface area contributed by atoms with E-state index in [9.17, 15) is 28.0 Å². The Morgan fingerprint density at radius 3 is 2.33 bits per heavy atom. The van der Waals surface area contributed by atoms with E-state index in [-0.39, 0.29) is 17.0 Å². The summed E-state index contributed by atoms with van der Waals surface area (Å²) in [4.78, 5) is 29.2. The molecule has 240 valence electrons. The van der Waals surface area contributed by atoms with Crippen molar-refractivity contribution in [2.24, 2.45) is 5.73 Å². The van der Waals surface area contributed by atoms with Crippen LogP contribution in [0.1, 0.15) is 55.5 Å². The third-order valence-corrected chi connectivity index (χ3v) is 6.98. The molecule has 2 aliphatic heterocycles. The van der Waals surface area contributed by atoms with E-state index in [1.807, 2.05) is 38.4 Å². The van der Waals surface area contributed by atoms with Gasteiger partial charge in [-0.05, 0) is 67.0 Å². The van der Waals surface area contributed by atoms with Gasteiger partial charge in [0.15, 0.2) is 0 Å². The number of aliphatic hydroxyl groups is 1. The normalized spacial score (nSPS) is 16.0. The number of aryl methyl sites for hydroxylation is 1. The number of nitriles is 1. The highest BCUT2D eigenvalue weighted by Gasteiger charge is 2.44. The van der Waals surface area contributed by atoms with E-state index >= 15 is 0 Å². The maximum absolute atomic E-state index is 13.5. The number of benzene rings is 2. The minimum Gasteiger partial charge on any atom is -0.466 e. The average molecular weight is 628 g/mol. The number of anilines is 1. The van der Waals surface area contributed by atoms with E-state index in [0.29, 0.717) is 29.5 Å². The standard InChI is InChI=1S/C29H27F3N6O3.C2H6.CH4O/c1-18-24(26(39)41-2)25(23-11-10-19(17-33)15-20(23)7-6-14-36-12-3-4-13-36)38(28(35)40)27(34)37(18)22-9-5-8-21(16-22)29(30,31)32;2*1-2/h3-5,8-13,15-16,25,34H,6-7,14H2,1-2H3,(H2,35,40);1-2H3;2H,1H3/p+1/t25-;;/m1../s1. The van der Waals surface area contributed by atoms with Gasteiger partial charge in [0.25, 0.3) is 0 Å². The zero-order valence-corrected chi connectivity index (χ0v) is 25.8. The molecule has 10 nitrogen and oxygen atoms in total. The summed E-state index contributed by atoms with van der Waals surface area (Å²) in [6, 6.07) is 8.76. The number of primary amides is 1. The van der Waals surface area contributed by atoms with Crippen LogP contribution in [0, 0.1) is 16.7 Å². The number of carbonyl (C=O) groups is 2. The van der Waals surface area contributed by atoms with Gasteiger partial charge in [0.05, 0.1) is 48.8 Å². The third-order valence-electron chi connectivity index (χ3n) is 6.98. The molecule has 0 unspecified atom stereocenters. The van der Waals surface area contributed by atoms with Gasteiger partial charge in [-0.2, -0.15) is 18.4 Å². The minimum absolute atomic E-state index is 0.0818. The summed E-state index contributed by atoms with van der Waals surface area (Å²) in [5, 5.41) is 25.5. The number of nitrogens with two attached hydrogens (primary N) is 1. The first-order chi connectivity index (χ1) is 21.5. The Labute approximate surface area is 260 Å². The molecule has 0 fully saturated rings. The lowest BCUT2D eigenvalue weighted by Gasteiger charge is -2.43. The fraction of sp³-hybridized carbons (Fsp3) is 0.312. The lowest BCUT2D eigenvalue weighted by molar-refractivity contribution is -0.787. The fourth-order valence-electron chi connectivity index (χ4n) is 5.09.